The number of fused-ring (bicyclic) bond motifs is 1. The molecule has 6 nitrogen and oxygen atoms in total. The zero-order valence-corrected chi connectivity index (χ0v) is 15.8. The average Bonchev–Trinajstić information content (AvgIpc) is 2.66. The molecule has 1 heterocycles. The zero-order valence-electron chi connectivity index (χ0n) is 14.2. The van der Waals surface area contributed by atoms with Crippen LogP contribution in [-0.2, 0) is 4.79 Å². The Balaban J connectivity index is 2.08. The van der Waals surface area contributed by atoms with Crippen LogP contribution in [0.3, 0.4) is 0 Å². The number of rotatable bonds is 5. The molecule has 1 aromatic heterocycles. The molecule has 26 heavy (non-hydrogen) atoms. The fourth-order valence-corrected chi connectivity index (χ4v) is 2.73. The molecule has 2 aromatic carbocycles. The van der Waals surface area contributed by atoms with Crippen molar-refractivity contribution in [3.8, 4) is 11.5 Å². The Kier molecular flexibility index (Phi) is 5.27. The molecule has 0 radical (unpaired) electrons. The fraction of sp³-hybridized carbons (Fsp3) is 0.158. The molecule has 0 saturated carbocycles. The van der Waals surface area contributed by atoms with E-state index in [-0.39, 0.29) is 5.33 Å². The second-order valence-corrected chi connectivity index (χ2v) is 6.01. The first-order valence-corrected chi connectivity index (χ1v) is 8.87. The van der Waals surface area contributed by atoms with Crippen molar-refractivity contribution in [1.82, 2.24) is 0 Å². The van der Waals surface area contributed by atoms with Gasteiger partial charge in [-0.1, -0.05) is 28.1 Å². The highest BCUT2D eigenvalue weighted by Gasteiger charge is 2.15. The maximum Gasteiger partial charge on any atom is 0.338 e. The van der Waals surface area contributed by atoms with E-state index in [9.17, 15) is 9.59 Å². The zero-order chi connectivity index (χ0) is 18.7. The molecule has 0 aliphatic rings. The highest BCUT2D eigenvalue weighted by atomic mass is 79.9. The van der Waals surface area contributed by atoms with Crippen molar-refractivity contribution < 1.29 is 18.7 Å². The minimum absolute atomic E-state index is 0.0700. The van der Waals surface area contributed by atoms with E-state index in [1.807, 2.05) is 30.1 Å². The molecule has 7 heteroatoms. The molecule has 0 fully saturated rings. The van der Waals surface area contributed by atoms with Gasteiger partial charge in [-0.2, -0.15) is 0 Å². The second kappa shape index (κ2) is 7.61. The van der Waals surface area contributed by atoms with E-state index < -0.39 is 11.6 Å². The summed E-state index contributed by atoms with van der Waals surface area (Å²) in [6.45, 7) is 0. The Hall–Kier alpha value is -2.80. The van der Waals surface area contributed by atoms with Gasteiger partial charge in [-0.15, -0.1) is 0 Å². The van der Waals surface area contributed by atoms with Crippen molar-refractivity contribution in [3.05, 3.63) is 59.0 Å². The molecule has 0 spiro atoms. The van der Waals surface area contributed by atoms with Gasteiger partial charge in [0.1, 0.15) is 10.9 Å². The topological polar surface area (TPSA) is 69.0 Å². The molecule has 3 aromatic rings. The lowest BCUT2D eigenvalue weighted by Gasteiger charge is -2.22. The van der Waals surface area contributed by atoms with E-state index in [4.69, 9.17) is 13.9 Å². The van der Waals surface area contributed by atoms with Crippen molar-refractivity contribution in [2.45, 2.75) is 0 Å². The summed E-state index contributed by atoms with van der Waals surface area (Å²) < 4.78 is 15.8. The highest BCUT2D eigenvalue weighted by Crippen LogP contribution is 2.36. The number of esters is 1. The van der Waals surface area contributed by atoms with Crippen LogP contribution in [0.15, 0.2) is 57.7 Å². The number of hydrogen-bond donors (Lipinski definition) is 0. The Morgan fingerprint density at radius 2 is 1.92 bits per heavy atom. The Morgan fingerprint density at radius 3 is 2.65 bits per heavy atom. The first-order chi connectivity index (χ1) is 12.5. The van der Waals surface area contributed by atoms with Crippen LogP contribution in [0.4, 0.5) is 11.4 Å². The number of anilines is 2. The molecule has 0 aliphatic heterocycles. The van der Waals surface area contributed by atoms with Crippen molar-refractivity contribution in [2.75, 3.05) is 24.4 Å². The Morgan fingerprint density at radius 1 is 1.15 bits per heavy atom. The smallest absolute Gasteiger partial charge is 0.338 e. The van der Waals surface area contributed by atoms with Crippen LogP contribution in [-0.4, -0.2) is 25.5 Å². The van der Waals surface area contributed by atoms with E-state index in [0.29, 0.717) is 22.8 Å². The number of carbonyl (C=O) groups is 1. The summed E-state index contributed by atoms with van der Waals surface area (Å²) in [5.74, 6) is 0.302. The van der Waals surface area contributed by atoms with Gasteiger partial charge < -0.3 is 18.8 Å². The van der Waals surface area contributed by atoms with Gasteiger partial charge in [0.05, 0.1) is 12.8 Å². The number of alkyl halides is 1. The normalized spacial score (nSPS) is 10.6. The molecular formula is C19H16BrNO5. The SMILES string of the molecule is COc1ccc(N(C)c2cc(=O)oc3ccccc23)cc1OC(=O)CBr. The highest BCUT2D eigenvalue weighted by molar-refractivity contribution is 9.09. The quantitative estimate of drug-likeness (QED) is 0.271. The standard InChI is InChI=1S/C19H16BrNO5/c1-21(14-10-18(22)25-15-6-4-3-5-13(14)15)12-7-8-16(24-2)17(9-12)26-19(23)11-20/h3-10H,11H2,1-2H3. The number of halogens is 1. The largest absolute Gasteiger partial charge is 0.493 e. The monoisotopic (exact) mass is 417 g/mol. The molecule has 0 bridgehead atoms. The fourth-order valence-electron chi connectivity index (χ4n) is 2.61. The maximum atomic E-state index is 11.9. The van der Waals surface area contributed by atoms with Crippen molar-refractivity contribution in [3.63, 3.8) is 0 Å². The third-order valence-electron chi connectivity index (χ3n) is 3.86. The molecule has 134 valence electrons. The molecular weight excluding hydrogens is 402 g/mol. The number of methoxy groups -OCH3 is 1. The number of benzene rings is 2. The average molecular weight is 418 g/mol. The number of carbonyl (C=O) groups excluding carboxylic acids is 1. The van der Waals surface area contributed by atoms with Gasteiger partial charge in [-0.3, -0.25) is 4.79 Å². The van der Waals surface area contributed by atoms with Crippen molar-refractivity contribution in [2.24, 2.45) is 0 Å². The number of para-hydroxylation sites is 1. The lowest BCUT2D eigenvalue weighted by atomic mass is 10.1. The van der Waals surface area contributed by atoms with Gasteiger partial charge >= 0.3 is 11.6 Å². The van der Waals surface area contributed by atoms with Gasteiger partial charge in [0.2, 0.25) is 0 Å². The van der Waals surface area contributed by atoms with Crippen LogP contribution in [0.2, 0.25) is 0 Å². The molecule has 0 atom stereocenters. The van der Waals surface area contributed by atoms with E-state index in [2.05, 4.69) is 15.9 Å². The van der Waals surface area contributed by atoms with Crippen molar-refractivity contribution >= 4 is 44.2 Å². The van der Waals surface area contributed by atoms with Gasteiger partial charge in [0.25, 0.3) is 0 Å². The summed E-state index contributed by atoms with van der Waals surface area (Å²) in [5.41, 5.74) is 1.46. The van der Waals surface area contributed by atoms with Crippen LogP contribution in [0.1, 0.15) is 0 Å². The summed E-state index contributed by atoms with van der Waals surface area (Å²) in [6.07, 6.45) is 0. The van der Waals surface area contributed by atoms with Crippen LogP contribution in [0, 0.1) is 0 Å². The first kappa shape index (κ1) is 18.0. The summed E-state index contributed by atoms with van der Waals surface area (Å²) >= 11 is 3.07. The molecule has 0 saturated heterocycles. The molecule has 0 unspecified atom stereocenters. The summed E-state index contributed by atoms with van der Waals surface area (Å²) in [7, 11) is 3.32. The predicted octanol–water partition coefficient (Wildman–Crippen LogP) is 3.87. The number of nitrogens with zero attached hydrogens (tertiary/aromatic N) is 1. The molecule has 0 amide bonds. The van der Waals surface area contributed by atoms with E-state index in [1.165, 1.54) is 13.2 Å². The summed E-state index contributed by atoms with van der Waals surface area (Å²) in [6, 6.07) is 13.9. The molecule has 3 rings (SSSR count). The lowest BCUT2D eigenvalue weighted by Crippen LogP contribution is -2.14. The molecule has 0 N–H and O–H groups in total. The van der Waals surface area contributed by atoms with Gasteiger partial charge in [0.15, 0.2) is 11.5 Å². The minimum Gasteiger partial charge on any atom is -0.493 e. The van der Waals surface area contributed by atoms with Gasteiger partial charge in [-0.05, 0) is 24.3 Å². The first-order valence-electron chi connectivity index (χ1n) is 7.75. The van der Waals surface area contributed by atoms with E-state index >= 15 is 0 Å². The maximum absolute atomic E-state index is 11.9. The predicted molar refractivity (Wildman–Crippen MR) is 103 cm³/mol. The summed E-state index contributed by atoms with van der Waals surface area (Å²) in [4.78, 5) is 25.4. The third kappa shape index (κ3) is 3.57. The van der Waals surface area contributed by atoms with Crippen molar-refractivity contribution in [1.29, 1.82) is 0 Å². The third-order valence-corrected chi connectivity index (χ3v) is 4.31. The number of hydrogen-bond acceptors (Lipinski definition) is 6. The van der Waals surface area contributed by atoms with Crippen LogP contribution in [0.5, 0.6) is 11.5 Å². The van der Waals surface area contributed by atoms with E-state index in [1.54, 1.807) is 24.3 Å². The van der Waals surface area contributed by atoms with E-state index in [0.717, 1.165) is 11.1 Å². The van der Waals surface area contributed by atoms with Gasteiger partial charge in [0, 0.05) is 30.3 Å². The minimum atomic E-state index is -0.440. The van der Waals surface area contributed by atoms with Crippen LogP contribution >= 0.6 is 15.9 Å². The van der Waals surface area contributed by atoms with Crippen LogP contribution < -0.4 is 20.0 Å². The lowest BCUT2D eigenvalue weighted by molar-refractivity contribution is -0.131. The Labute approximate surface area is 158 Å². The van der Waals surface area contributed by atoms with Gasteiger partial charge in [-0.25, -0.2) is 4.79 Å². The molecule has 0 aliphatic carbocycles. The van der Waals surface area contributed by atoms with Crippen LogP contribution in [0.25, 0.3) is 11.0 Å². The second-order valence-electron chi connectivity index (χ2n) is 5.45. The summed E-state index contributed by atoms with van der Waals surface area (Å²) in [5, 5.41) is 0.866. The number of ether oxygens (including phenoxy) is 2. The Bertz CT molecular complexity index is 1010.